The molecule has 1 heterocycles. The molecular weight excluding hydrogens is 336 g/mol. The molecule has 0 radical (unpaired) electrons. The van der Waals surface area contributed by atoms with Gasteiger partial charge in [-0.3, -0.25) is 4.79 Å². The zero-order valence-electron chi connectivity index (χ0n) is 14.8. The molecule has 1 N–H and O–H groups in total. The highest BCUT2D eigenvalue weighted by atomic mass is 35.5. The summed E-state index contributed by atoms with van der Waals surface area (Å²) in [5.41, 5.74) is 2.05. The number of carbonyl (C=O) groups is 1. The van der Waals surface area contributed by atoms with Gasteiger partial charge in [0.05, 0.1) is 0 Å². The van der Waals surface area contributed by atoms with E-state index in [9.17, 15) is 4.79 Å². The lowest BCUT2D eigenvalue weighted by Gasteiger charge is -2.08. The van der Waals surface area contributed by atoms with Crippen LogP contribution >= 0.6 is 11.6 Å². The van der Waals surface area contributed by atoms with Gasteiger partial charge in [-0.25, -0.2) is 4.98 Å². The Bertz CT molecular complexity index is 742. The van der Waals surface area contributed by atoms with Gasteiger partial charge in [-0.05, 0) is 42.7 Å². The summed E-state index contributed by atoms with van der Waals surface area (Å²) < 4.78 is 5.75. The Kier molecular flexibility index (Phi) is 7.02. The van der Waals surface area contributed by atoms with Crippen LogP contribution in [0.4, 0.5) is 0 Å². The molecule has 132 valence electrons. The Morgan fingerprint density at radius 2 is 2.16 bits per heavy atom. The predicted octanol–water partition coefficient (Wildman–Crippen LogP) is 5.02. The topological polar surface area (TPSA) is 51.2 Å². The Morgan fingerprint density at radius 1 is 1.36 bits per heavy atom. The highest BCUT2D eigenvalue weighted by Gasteiger charge is 2.04. The van der Waals surface area contributed by atoms with Crippen LogP contribution in [-0.2, 0) is 11.2 Å². The molecule has 1 aromatic heterocycles. The fourth-order valence-electron chi connectivity index (χ4n) is 2.36. The van der Waals surface area contributed by atoms with Crippen LogP contribution in [0.1, 0.15) is 38.3 Å². The van der Waals surface area contributed by atoms with E-state index in [2.05, 4.69) is 17.2 Å². The SMILES string of the molecule is CCCc1ccc(Oc2ccc(/C=C/[C@H](C)NC(C)=O)cn2)cc1Cl. The first-order valence-corrected chi connectivity index (χ1v) is 8.73. The second kappa shape index (κ2) is 9.23. The molecule has 0 spiro atoms. The molecule has 0 aliphatic carbocycles. The first kappa shape index (κ1) is 19.0. The Balaban J connectivity index is 1.99. The number of carbonyl (C=O) groups excluding carboxylic acids is 1. The van der Waals surface area contributed by atoms with Crippen molar-refractivity contribution in [1.29, 1.82) is 0 Å². The average molecular weight is 359 g/mol. The van der Waals surface area contributed by atoms with E-state index in [0.29, 0.717) is 16.7 Å². The number of aryl methyl sites for hydroxylation is 1. The average Bonchev–Trinajstić information content (AvgIpc) is 2.56. The summed E-state index contributed by atoms with van der Waals surface area (Å²) in [5, 5.41) is 3.51. The smallest absolute Gasteiger partial charge is 0.219 e. The van der Waals surface area contributed by atoms with E-state index in [4.69, 9.17) is 16.3 Å². The van der Waals surface area contributed by atoms with Gasteiger partial charge in [-0.1, -0.05) is 43.2 Å². The summed E-state index contributed by atoms with van der Waals surface area (Å²) >= 11 is 6.27. The fraction of sp³-hybridized carbons (Fsp3) is 0.300. The lowest BCUT2D eigenvalue weighted by molar-refractivity contribution is -0.119. The van der Waals surface area contributed by atoms with Crippen molar-refractivity contribution in [3.63, 3.8) is 0 Å². The number of hydrogen-bond donors (Lipinski definition) is 1. The summed E-state index contributed by atoms with van der Waals surface area (Å²) in [5.74, 6) is 1.12. The molecule has 5 heteroatoms. The molecule has 0 saturated heterocycles. The minimum atomic E-state index is -0.0531. The number of halogens is 1. The van der Waals surface area contributed by atoms with Gasteiger partial charge in [0.1, 0.15) is 5.75 Å². The summed E-state index contributed by atoms with van der Waals surface area (Å²) in [6.45, 7) is 5.53. The normalized spacial score (nSPS) is 12.2. The first-order valence-electron chi connectivity index (χ1n) is 8.35. The summed E-state index contributed by atoms with van der Waals surface area (Å²) in [7, 11) is 0. The Hall–Kier alpha value is -2.33. The number of amides is 1. The largest absolute Gasteiger partial charge is 0.439 e. The van der Waals surface area contributed by atoms with Crippen molar-refractivity contribution in [2.75, 3.05) is 0 Å². The van der Waals surface area contributed by atoms with E-state index in [0.717, 1.165) is 24.0 Å². The molecule has 25 heavy (non-hydrogen) atoms. The van der Waals surface area contributed by atoms with Crippen molar-refractivity contribution in [2.24, 2.45) is 0 Å². The summed E-state index contributed by atoms with van der Waals surface area (Å²) in [6, 6.07) is 9.39. The molecular formula is C20H23ClN2O2. The van der Waals surface area contributed by atoms with Gasteiger partial charge in [-0.15, -0.1) is 0 Å². The molecule has 0 bridgehead atoms. The van der Waals surface area contributed by atoms with Gasteiger partial charge in [0.25, 0.3) is 0 Å². The van der Waals surface area contributed by atoms with Crippen molar-refractivity contribution in [2.45, 2.75) is 39.7 Å². The maximum atomic E-state index is 11.0. The molecule has 1 aromatic carbocycles. The molecule has 1 amide bonds. The van der Waals surface area contributed by atoms with E-state index in [1.54, 1.807) is 12.3 Å². The maximum absolute atomic E-state index is 11.0. The molecule has 0 unspecified atom stereocenters. The maximum Gasteiger partial charge on any atom is 0.219 e. The Labute approximate surface area is 153 Å². The Morgan fingerprint density at radius 3 is 2.76 bits per heavy atom. The fourth-order valence-corrected chi connectivity index (χ4v) is 2.62. The standard InChI is InChI=1S/C20H23ClN2O2/c1-4-5-17-9-10-18(12-19(17)21)25-20-11-8-16(13-22-20)7-6-14(2)23-15(3)24/h6-14H,4-5H2,1-3H3,(H,23,24)/b7-6+/t14-/m0/s1. The van der Waals surface area contributed by atoms with E-state index in [1.807, 2.05) is 43.3 Å². The highest BCUT2D eigenvalue weighted by Crippen LogP contribution is 2.26. The van der Waals surface area contributed by atoms with Crippen LogP contribution < -0.4 is 10.1 Å². The van der Waals surface area contributed by atoms with Gasteiger partial charge in [0.15, 0.2) is 0 Å². The van der Waals surface area contributed by atoms with Crippen LogP contribution in [0.2, 0.25) is 5.02 Å². The molecule has 2 aromatic rings. The van der Waals surface area contributed by atoms with E-state index < -0.39 is 0 Å². The highest BCUT2D eigenvalue weighted by molar-refractivity contribution is 6.31. The number of pyridine rings is 1. The number of hydrogen-bond acceptors (Lipinski definition) is 3. The first-order chi connectivity index (χ1) is 12.0. The van der Waals surface area contributed by atoms with Crippen LogP contribution in [0, 0.1) is 0 Å². The van der Waals surface area contributed by atoms with Gasteiger partial charge in [0.2, 0.25) is 11.8 Å². The minimum absolute atomic E-state index is 0.0304. The van der Waals surface area contributed by atoms with Crippen LogP contribution in [0.5, 0.6) is 11.6 Å². The van der Waals surface area contributed by atoms with Gasteiger partial charge in [-0.2, -0.15) is 0 Å². The number of nitrogens with zero attached hydrogens (tertiary/aromatic N) is 1. The van der Waals surface area contributed by atoms with Gasteiger partial charge < -0.3 is 10.1 Å². The van der Waals surface area contributed by atoms with Crippen LogP contribution in [0.25, 0.3) is 6.08 Å². The molecule has 0 fully saturated rings. The summed E-state index contributed by atoms with van der Waals surface area (Å²) in [4.78, 5) is 15.3. The third-order valence-corrected chi connectivity index (χ3v) is 3.89. The quantitative estimate of drug-likeness (QED) is 0.756. The van der Waals surface area contributed by atoms with Gasteiger partial charge in [0, 0.05) is 30.3 Å². The number of rotatable bonds is 7. The van der Waals surface area contributed by atoms with Crippen molar-refractivity contribution in [3.05, 3.63) is 58.8 Å². The predicted molar refractivity (Wildman–Crippen MR) is 102 cm³/mol. The number of ether oxygens (including phenoxy) is 1. The van der Waals surface area contributed by atoms with Crippen LogP contribution in [0.15, 0.2) is 42.6 Å². The van der Waals surface area contributed by atoms with Crippen molar-refractivity contribution in [3.8, 4) is 11.6 Å². The van der Waals surface area contributed by atoms with Crippen molar-refractivity contribution < 1.29 is 9.53 Å². The molecule has 2 rings (SSSR count). The zero-order chi connectivity index (χ0) is 18.2. The second-order valence-electron chi connectivity index (χ2n) is 5.88. The molecule has 4 nitrogen and oxygen atoms in total. The van der Waals surface area contributed by atoms with Gasteiger partial charge >= 0.3 is 0 Å². The number of aromatic nitrogens is 1. The third-order valence-electron chi connectivity index (χ3n) is 3.53. The van der Waals surface area contributed by atoms with Crippen LogP contribution in [0.3, 0.4) is 0 Å². The van der Waals surface area contributed by atoms with E-state index >= 15 is 0 Å². The third kappa shape index (κ3) is 6.24. The number of benzene rings is 1. The minimum Gasteiger partial charge on any atom is -0.439 e. The molecule has 0 aliphatic heterocycles. The molecule has 0 aliphatic rings. The lowest BCUT2D eigenvalue weighted by Crippen LogP contribution is -2.28. The zero-order valence-corrected chi connectivity index (χ0v) is 15.5. The van der Waals surface area contributed by atoms with E-state index in [-0.39, 0.29) is 11.9 Å². The van der Waals surface area contributed by atoms with E-state index in [1.165, 1.54) is 6.92 Å². The second-order valence-corrected chi connectivity index (χ2v) is 6.29. The monoisotopic (exact) mass is 358 g/mol. The summed E-state index contributed by atoms with van der Waals surface area (Å²) in [6.07, 6.45) is 7.55. The van der Waals surface area contributed by atoms with Crippen LogP contribution in [-0.4, -0.2) is 16.9 Å². The number of nitrogens with one attached hydrogen (secondary N) is 1. The molecule has 1 atom stereocenters. The lowest BCUT2D eigenvalue weighted by atomic mass is 10.1. The van der Waals surface area contributed by atoms with Crippen molar-refractivity contribution >= 4 is 23.6 Å². The van der Waals surface area contributed by atoms with Crippen molar-refractivity contribution in [1.82, 2.24) is 10.3 Å². The molecule has 0 saturated carbocycles.